The maximum Gasteiger partial charge on any atom is 0.321 e. The zero-order valence-electron chi connectivity index (χ0n) is 35.6. The lowest BCUT2D eigenvalue weighted by atomic mass is 10.1. The Hall–Kier alpha value is -6.07. The molecule has 0 bridgehead atoms. The highest BCUT2D eigenvalue weighted by atomic mass is 16.2. The summed E-state index contributed by atoms with van der Waals surface area (Å²) in [6, 6.07) is 47.4. The molecule has 2 aliphatic heterocycles. The molecular formula is C51H61N9O. The molecule has 10 heteroatoms. The first-order valence-corrected chi connectivity index (χ1v) is 21.8. The number of carbonyl (C=O) groups excluding carboxylic acids is 1. The van der Waals surface area contributed by atoms with Crippen LogP contribution < -0.4 is 16.8 Å². The summed E-state index contributed by atoms with van der Waals surface area (Å²) in [4.78, 5) is 30.8. The van der Waals surface area contributed by atoms with Crippen LogP contribution in [0.2, 0.25) is 0 Å². The number of benzene rings is 4. The summed E-state index contributed by atoms with van der Waals surface area (Å²) in [5.41, 5.74) is 21.8. The number of anilines is 3. The van der Waals surface area contributed by atoms with Gasteiger partial charge in [0.15, 0.2) is 0 Å². The number of pyridine rings is 2. The molecule has 0 aliphatic carbocycles. The summed E-state index contributed by atoms with van der Waals surface area (Å²) in [5.74, 6) is 1.10. The van der Waals surface area contributed by atoms with Crippen LogP contribution in [-0.2, 0) is 19.3 Å². The van der Waals surface area contributed by atoms with Gasteiger partial charge in [0.2, 0.25) is 0 Å². The van der Waals surface area contributed by atoms with E-state index in [-0.39, 0.29) is 6.03 Å². The molecule has 8 rings (SSSR count). The summed E-state index contributed by atoms with van der Waals surface area (Å²) in [6.45, 7) is 13.4. The Kier molecular flexibility index (Phi) is 15.5. The number of amides is 2. The molecule has 0 saturated carbocycles. The Bertz CT molecular complexity index is 2230. The van der Waals surface area contributed by atoms with Gasteiger partial charge in [0.05, 0.1) is 11.4 Å². The van der Waals surface area contributed by atoms with Crippen LogP contribution in [0.4, 0.5) is 22.1 Å². The number of piperazine rings is 2. The molecule has 2 amide bonds. The molecule has 5 N–H and O–H groups in total. The second-order valence-electron chi connectivity index (χ2n) is 16.2. The van der Waals surface area contributed by atoms with E-state index in [9.17, 15) is 4.79 Å². The van der Waals surface area contributed by atoms with E-state index in [4.69, 9.17) is 11.5 Å². The van der Waals surface area contributed by atoms with E-state index >= 15 is 0 Å². The van der Waals surface area contributed by atoms with E-state index in [0.717, 1.165) is 80.3 Å². The first-order valence-electron chi connectivity index (χ1n) is 21.8. The van der Waals surface area contributed by atoms with E-state index < -0.39 is 0 Å². The van der Waals surface area contributed by atoms with Gasteiger partial charge in [-0.1, -0.05) is 109 Å². The van der Waals surface area contributed by atoms with Gasteiger partial charge in [0.1, 0.15) is 11.6 Å². The topological polar surface area (TPSA) is 120 Å². The van der Waals surface area contributed by atoms with Crippen LogP contribution in [0.1, 0.15) is 28.7 Å². The first kappa shape index (κ1) is 43.0. The van der Waals surface area contributed by atoms with Crippen molar-refractivity contribution < 1.29 is 4.79 Å². The second-order valence-corrected chi connectivity index (χ2v) is 16.2. The monoisotopic (exact) mass is 815 g/mol. The predicted molar refractivity (Wildman–Crippen MR) is 251 cm³/mol. The average Bonchev–Trinajstić information content (AvgIpc) is 3.30. The molecule has 2 saturated heterocycles. The fourth-order valence-corrected chi connectivity index (χ4v) is 7.89. The molecule has 6 aromatic rings. The number of nitrogens with zero attached hydrogens (tertiary/aromatic N) is 6. The predicted octanol–water partition coefficient (Wildman–Crippen LogP) is 8.16. The minimum Gasteiger partial charge on any atom is -0.384 e. The highest BCUT2D eigenvalue weighted by Crippen LogP contribution is 2.21. The largest absolute Gasteiger partial charge is 0.384 e. The zero-order valence-corrected chi connectivity index (χ0v) is 35.6. The molecule has 4 aromatic carbocycles. The van der Waals surface area contributed by atoms with Gasteiger partial charge < -0.3 is 31.5 Å². The van der Waals surface area contributed by atoms with Crippen molar-refractivity contribution in [3.63, 3.8) is 0 Å². The van der Waals surface area contributed by atoms with E-state index in [2.05, 4.69) is 109 Å². The van der Waals surface area contributed by atoms with Crippen molar-refractivity contribution in [1.82, 2.24) is 29.6 Å². The molecule has 2 aliphatic rings. The van der Waals surface area contributed by atoms with Crippen molar-refractivity contribution in [2.75, 3.05) is 88.8 Å². The Balaban J connectivity index is 0.000000184. The van der Waals surface area contributed by atoms with Crippen molar-refractivity contribution in [2.45, 2.75) is 32.6 Å². The number of urea groups is 1. The Morgan fingerprint density at radius 1 is 0.508 bits per heavy atom. The number of carbonyl (C=O) groups is 1. The molecule has 0 spiro atoms. The second kappa shape index (κ2) is 22.0. The highest BCUT2D eigenvalue weighted by molar-refractivity contribution is 5.89. The van der Waals surface area contributed by atoms with Crippen molar-refractivity contribution >= 4 is 23.4 Å². The standard InChI is InChI=1S/C26H32N4.C25H29N5O/c27-26-10-4-9-25(28-26)24-13-11-23(12-14-24)15-17-30-20-18-29(19-21-30)16-5-8-22-6-2-1-3-7-22;1-19-5-11-22(12-6-19)27-25(31)30-17-15-29(16-18-30)14-13-20-7-9-21(10-8-20)23-3-2-4-24(26)28-23/h1-4,6-7,9-14H,5,8,15-21H2,(H2,27,28);2-12H,13-18H2,1H3,(H2,26,28)(H,27,31). The minimum absolute atomic E-state index is 0.0192. The fourth-order valence-electron chi connectivity index (χ4n) is 7.89. The van der Waals surface area contributed by atoms with E-state index in [1.807, 2.05) is 66.4 Å². The van der Waals surface area contributed by atoms with Crippen LogP contribution in [0, 0.1) is 6.92 Å². The number of nitrogens with one attached hydrogen (secondary N) is 1. The Morgan fingerprint density at radius 3 is 1.46 bits per heavy atom. The smallest absolute Gasteiger partial charge is 0.321 e. The normalized spacial score (nSPS) is 14.9. The molecule has 316 valence electrons. The molecule has 2 fully saturated rings. The van der Waals surface area contributed by atoms with Gasteiger partial charge in [-0.05, 0) is 92.2 Å². The maximum atomic E-state index is 12.5. The van der Waals surface area contributed by atoms with Gasteiger partial charge in [-0.3, -0.25) is 4.90 Å². The van der Waals surface area contributed by atoms with Gasteiger partial charge in [0.25, 0.3) is 0 Å². The number of hydrogen-bond acceptors (Lipinski definition) is 8. The minimum atomic E-state index is -0.0192. The number of aryl methyl sites for hydroxylation is 2. The lowest BCUT2D eigenvalue weighted by Crippen LogP contribution is -2.50. The zero-order chi connectivity index (χ0) is 42.2. The fraction of sp³-hybridized carbons (Fsp3) is 0.314. The average molecular weight is 816 g/mol. The van der Waals surface area contributed by atoms with Gasteiger partial charge in [-0.15, -0.1) is 0 Å². The quantitative estimate of drug-likeness (QED) is 0.107. The number of hydrogen-bond donors (Lipinski definition) is 3. The van der Waals surface area contributed by atoms with Crippen molar-refractivity contribution in [2.24, 2.45) is 0 Å². The van der Waals surface area contributed by atoms with E-state index in [1.165, 1.54) is 67.8 Å². The summed E-state index contributed by atoms with van der Waals surface area (Å²) in [7, 11) is 0. The SMILES string of the molecule is Cc1ccc(NC(=O)N2CCN(CCc3ccc(-c4cccc(N)n4)cc3)CC2)cc1.Nc1cccc(-c2ccc(CCN3CCN(CCCc4ccccc4)CC3)cc2)n1. The third-order valence-corrected chi connectivity index (χ3v) is 11.7. The lowest BCUT2D eigenvalue weighted by molar-refractivity contribution is 0.132. The number of nitrogen functional groups attached to an aromatic ring is 2. The molecular weight excluding hydrogens is 755 g/mol. The van der Waals surface area contributed by atoms with Gasteiger partial charge in [-0.25, -0.2) is 14.8 Å². The van der Waals surface area contributed by atoms with Crippen molar-refractivity contribution in [1.29, 1.82) is 0 Å². The van der Waals surface area contributed by atoms with Crippen LogP contribution in [-0.4, -0.2) is 108 Å². The van der Waals surface area contributed by atoms with Crippen LogP contribution in [0.3, 0.4) is 0 Å². The van der Waals surface area contributed by atoms with Crippen LogP contribution >= 0.6 is 0 Å². The molecule has 0 unspecified atom stereocenters. The molecule has 10 nitrogen and oxygen atoms in total. The molecule has 2 aromatic heterocycles. The Labute approximate surface area is 362 Å². The molecule has 0 radical (unpaired) electrons. The number of aromatic nitrogens is 2. The van der Waals surface area contributed by atoms with Crippen LogP contribution in [0.15, 0.2) is 140 Å². The Morgan fingerprint density at radius 2 is 0.967 bits per heavy atom. The van der Waals surface area contributed by atoms with Crippen molar-refractivity contribution in [3.8, 4) is 22.5 Å². The molecule has 0 atom stereocenters. The number of rotatable bonds is 13. The van der Waals surface area contributed by atoms with Crippen LogP contribution in [0.25, 0.3) is 22.5 Å². The van der Waals surface area contributed by atoms with Gasteiger partial charge >= 0.3 is 6.03 Å². The van der Waals surface area contributed by atoms with E-state index in [0.29, 0.717) is 11.6 Å². The summed E-state index contributed by atoms with van der Waals surface area (Å²) >= 11 is 0. The number of nitrogens with two attached hydrogens (primary N) is 2. The summed E-state index contributed by atoms with van der Waals surface area (Å²) in [6.07, 6.45) is 4.51. The third kappa shape index (κ3) is 13.5. The van der Waals surface area contributed by atoms with Gasteiger partial charge in [0, 0.05) is 82.3 Å². The van der Waals surface area contributed by atoms with E-state index in [1.54, 1.807) is 6.07 Å². The maximum absolute atomic E-state index is 12.5. The highest BCUT2D eigenvalue weighted by Gasteiger charge is 2.21. The molecule has 4 heterocycles. The summed E-state index contributed by atoms with van der Waals surface area (Å²) < 4.78 is 0. The first-order chi connectivity index (χ1) is 29.8. The lowest BCUT2D eigenvalue weighted by Gasteiger charge is -2.34. The van der Waals surface area contributed by atoms with Crippen molar-refractivity contribution in [3.05, 3.63) is 162 Å². The van der Waals surface area contributed by atoms with Crippen LogP contribution in [0.5, 0.6) is 0 Å². The molecule has 61 heavy (non-hydrogen) atoms. The third-order valence-electron chi connectivity index (χ3n) is 11.7. The van der Waals surface area contributed by atoms with Gasteiger partial charge in [-0.2, -0.15) is 0 Å². The summed E-state index contributed by atoms with van der Waals surface area (Å²) in [5, 5.41) is 2.99.